The van der Waals surface area contributed by atoms with Crippen LogP contribution in [0.1, 0.15) is 12.1 Å². The monoisotopic (exact) mass is 370 g/mol. The highest BCUT2D eigenvalue weighted by molar-refractivity contribution is 5.94. The van der Waals surface area contributed by atoms with Crippen molar-refractivity contribution < 1.29 is 19.8 Å². The molecule has 1 amide bonds. The van der Waals surface area contributed by atoms with Crippen LogP contribution in [0.25, 0.3) is 10.9 Å². The summed E-state index contributed by atoms with van der Waals surface area (Å²) in [7, 11) is 1.55. The first-order valence-electron chi connectivity index (χ1n) is 8.62. The van der Waals surface area contributed by atoms with Crippen molar-refractivity contribution in [2.75, 3.05) is 31.6 Å². The summed E-state index contributed by atoms with van der Waals surface area (Å²) in [6.45, 7) is 3.04. The van der Waals surface area contributed by atoms with Crippen molar-refractivity contribution >= 4 is 28.5 Å². The van der Waals surface area contributed by atoms with Gasteiger partial charge in [-0.05, 0) is 25.5 Å². The standard InChI is InChI=1S/C19H22N4O4/c1-13-9-16(14-10-20-7-5-15(14)21-13)23-8-6-19(27,12-23)11-22(2)17(24)3-4-18(25)26/h3-5,7,9-10,27H,6,8,11-12H2,1-2H3,(H,25,26)/b4-3+. The number of aliphatic hydroxyl groups is 1. The molecule has 3 heterocycles. The van der Waals surface area contributed by atoms with Gasteiger partial charge in [0.05, 0.1) is 12.1 Å². The fourth-order valence-corrected chi connectivity index (χ4v) is 3.42. The molecule has 0 aliphatic carbocycles. The highest BCUT2D eigenvalue weighted by Crippen LogP contribution is 2.32. The van der Waals surface area contributed by atoms with Crippen molar-refractivity contribution in [3.8, 4) is 0 Å². The Balaban J connectivity index is 1.76. The first-order valence-corrected chi connectivity index (χ1v) is 8.62. The molecule has 0 spiro atoms. The number of aromatic nitrogens is 2. The summed E-state index contributed by atoms with van der Waals surface area (Å²) >= 11 is 0. The number of nitrogens with zero attached hydrogens (tertiary/aromatic N) is 4. The van der Waals surface area contributed by atoms with E-state index in [-0.39, 0.29) is 6.54 Å². The third kappa shape index (κ3) is 4.22. The number of hydrogen-bond donors (Lipinski definition) is 2. The van der Waals surface area contributed by atoms with Gasteiger partial charge in [-0.2, -0.15) is 0 Å². The number of pyridine rings is 2. The van der Waals surface area contributed by atoms with E-state index < -0.39 is 17.5 Å². The smallest absolute Gasteiger partial charge is 0.328 e. The number of aryl methyl sites for hydroxylation is 1. The summed E-state index contributed by atoms with van der Waals surface area (Å²) in [5.74, 6) is -1.64. The van der Waals surface area contributed by atoms with E-state index in [1.54, 1.807) is 19.4 Å². The normalized spacial score (nSPS) is 19.7. The van der Waals surface area contributed by atoms with Crippen molar-refractivity contribution in [3.05, 3.63) is 42.4 Å². The molecule has 0 saturated carbocycles. The van der Waals surface area contributed by atoms with Crippen LogP contribution in [0.3, 0.4) is 0 Å². The SMILES string of the molecule is Cc1cc(N2CCC(O)(CN(C)C(=O)/C=C/C(=O)O)C2)c2cnccc2n1. The van der Waals surface area contributed by atoms with Crippen LogP contribution in [-0.2, 0) is 9.59 Å². The van der Waals surface area contributed by atoms with Crippen molar-refractivity contribution in [3.63, 3.8) is 0 Å². The predicted octanol–water partition coefficient (Wildman–Crippen LogP) is 0.979. The number of likely N-dealkylation sites (N-methyl/N-ethyl adjacent to an activating group) is 1. The largest absolute Gasteiger partial charge is 0.478 e. The molecule has 8 heteroatoms. The van der Waals surface area contributed by atoms with Gasteiger partial charge in [-0.1, -0.05) is 0 Å². The van der Waals surface area contributed by atoms with Crippen LogP contribution >= 0.6 is 0 Å². The molecule has 1 aliphatic heterocycles. The molecule has 8 nitrogen and oxygen atoms in total. The molecule has 3 rings (SSSR count). The fourth-order valence-electron chi connectivity index (χ4n) is 3.42. The molecule has 142 valence electrons. The lowest BCUT2D eigenvalue weighted by atomic mass is 10.0. The number of aliphatic carboxylic acids is 1. The number of amides is 1. The molecule has 2 N–H and O–H groups in total. The number of anilines is 1. The zero-order chi connectivity index (χ0) is 19.6. The van der Waals surface area contributed by atoms with Gasteiger partial charge in [-0.25, -0.2) is 4.79 Å². The number of carboxylic acids is 1. The van der Waals surface area contributed by atoms with Gasteiger partial charge in [0.25, 0.3) is 0 Å². The van der Waals surface area contributed by atoms with E-state index in [1.807, 2.05) is 19.1 Å². The number of hydrogen-bond acceptors (Lipinski definition) is 6. The molecule has 1 saturated heterocycles. The summed E-state index contributed by atoms with van der Waals surface area (Å²) in [5.41, 5.74) is 1.61. The van der Waals surface area contributed by atoms with E-state index >= 15 is 0 Å². The molecular weight excluding hydrogens is 348 g/mol. The molecule has 1 fully saturated rings. The van der Waals surface area contributed by atoms with Crippen molar-refractivity contribution in [2.45, 2.75) is 18.9 Å². The van der Waals surface area contributed by atoms with Crippen molar-refractivity contribution in [2.24, 2.45) is 0 Å². The minimum absolute atomic E-state index is 0.118. The first-order chi connectivity index (χ1) is 12.8. The second kappa shape index (κ2) is 7.32. The second-order valence-corrected chi connectivity index (χ2v) is 6.94. The van der Waals surface area contributed by atoms with E-state index in [1.165, 1.54) is 4.90 Å². The van der Waals surface area contributed by atoms with Crippen LogP contribution in [0, 0.1) is 6.92 Å². The van der Waals surface area contributed by atoms with Crippen molar-refractivity contribution in [1.82, 2.24) is 14.9 Å². The van der Waals surface area contributed by atoms with Gasteiger partial charge < -0.3 is 20.0 Å². The maximum atomic E-state index is 12.0. The summed E-state index contributed by atoms with van der Waals surface area (Å²) in [6.07, 6.45) is 5.74. The highest BCUT2D eigenvalue weighted by Gasteiger charge is 2.38. The molecule has 1 atom stereocenters. The maximum absolute atomic E-state index is 12.0. The minimum Gasteiger partial charge on any atom is -0.478 e. The molecule has 1 unspecified atom stereocenters. The quantitative estimate of drug-likeness (QED) is 0.756. The predicted molar refractivity (Wildman–Crippen MR) is 100 cm³/mol. The molecule has 2 aromatic rings. The van der Waals surface area contributed by atoms with E-state index in [9.17, 15) is 14.7 Å². The first kappa shape index (κ1) is 18.8. The van der Waals surface area contributed by atoms with Crippen LogP contribution in [0.2, 0.25) is 0 Å². The van der Waals surface area contributed by atoms with Crippen LogP contribution in [0.15, 0.2) is 36.7 Å². The highest BCUT2D eigenvalue weighted by atomic mass is 16.4. The van der Waals surface area contributed by atoms with Gasteiger partial charge in [0.2, 0.25) is 5.91 Å². The average Bonchev–Trinajstić information content (AvgIpc) is 3.00. The molecule has 0 aromatic carbocycles. The van der Waals surface area contributed by atoms with Gasteiger partial charge in [0.15, 0.2) is 0 Å². The summed E-state index contributed by atoms with van der Waals surface area (Å²) in [4.78, 5) is 34.6. The third-order valence-electron chi connectivity index (χ3n) is 4.67. The van der Waals surface area contributed by atoms with Crippen molar-refractivity contribution in [1.29, 1.82) is 0 Å². The van der Waals surface area contributed by atoms with Crippen LogP contribution < -0.4 is 4.90 Å². The van der Waals surface area contributed by atoms with Crippen LogP contribution in [0.4, 0.5) is 5.69 Å². The van der Waals surface area contributed by atoms with E-state index in [0.29, 0.717) is 19.5 Å². The minimum atomic E-state index is -1.18. The number of fused-ring (bicyclic) bond motifs is 1. The number of carbonyl (C=O) groups excluding carboxylic acids is 1. The number of carbonyl (C=O) groups is 2. The van der Waals surface area contributed by atoms with E-state index in [4.69, 9.17) is 5.11 Å². The lowest BCUT2D eigenvalue weighted by Crippen LogP contribution is -2.45. The number of rotatable bonds is 5. The summed E-state index contributed by atoms with van der Waals surface area (Å²) in [6, 6.07) is 3.83. The molecular formula is C19H22N4O4. The topological polar surface area (TPSA) is 107 Å². The Morgan fingerprint density at radius 1 is 1.41 bits per heavy atom. The molecule has 0 radical (unpaired) electrons. The van der Waals surface area contributed by atoms with E-state index in [0.717, 1.165) is 34.4 Å². The Bertz CT molecular complexity index is 914. The Kier molecular flexibility index (Phi) is 5.09. The van der Waals surface area contributed by atoms with Gasteiger partial charge in [-0.15, -0.1) is 0 Å². The second-order valence-electron chi connectivity index (χ2n) is 6.94. The fraction of sp³-hybridized carbons (Fsp3) is 0.368. The summed E-state index contributed by atoms with van der Waals surface area (Å²) in [5, 5.41) is 20.5. The van der Waals surface area contributed by atoms with Crippen LogP contribution in [0.5, 0.6) is 0 Å². The Hall–Kier alpha value is -3.00. The summed E-state index contributed by atoms with van der Waals surface area (Å²) < 4.78 is 0. The van der Waals surface area contributed by atoms with Crippen LogP contribution in [-0.4, -0.2) is 69.2 Å². The molecule has 2 aromatic heterocycles. The lowest BCUT2D eigenvalue weighted by Gasteiger charge is -2.29. The Labute approximate surface area is 156 Å². The number of β-amino-alcohol motifs (C(OH)–C–C–N with tert-alkyl or cyclic N) is 1. The molecule has 0 bridgehead atoms. The lowest BCUT2D eigenvalue weighted by molar-refractivity contribution is -0.132. The van der Waals surface area contributed by atoms with E-state index in [2.05, 4.69) is 14.9 Å². The molecule has 1 aliphatic rings. The van der Waals surface area contributed by atoms with Gasteiger partial charge in [0, 0.05) is 61.5 Å². The van der Waals surface area contributed by atoms with Gasteiger partial charge in [-0.3, -0.25) is 14.8 Å². The number of carboxylic acid groups (broad SMARTS) is 1. The Morgan fingerprint density at radius 2 is 2.19 bits per heavy atom. The third-order valence-corrected chi connectivity index (χ3v) is 4.67. The zero-order valence-corrected chi connectivity index (χ0v) is 15.3. The van der Waals surface area contributed by atoms with Gasteiger partial charge >= 0.3 is 5.97 Å². The Morgan fingerprint density at radius 3 is 2.93 bits per heavy atom. The van der Waals surface area contributed by atoms with Gasteiger partial charge in [0.1, 0.15) is 5.60 Å². The average molecular weight is 370 g/mol. The zero-order valence-electron chi connectivity index (χ0n) is 15.3. The maximum Gasteiger partial charge on any atom is 0.328 e. The molecule has 27 heavy (non-hydrogen) atoms.